The summed E-state index contributed by atoms with van der Waals surface area (Å²) in [4.78, 5) is 35.9. The zero-order valence-electron chi connectivity index (χ0n) is 16.7. The summed E-state index contributed by atoms with van der Waals surface area (Å²) in [5.74, 6) is -0.130. The molecule has 1 aliphatic rings. The van der Waals surface area contributed by atoms with Crippen molar-refractivity contribution in [3.63, 3.8) is 0 Å². The van der Waals surface area contributed by atoms with Gasteiger partial charge in [-0.05, 0) is 48.7 Å². The van der Waals surface area contributed by atoms with Gasteiger partial charge >= 0.3 is 0 Å². The number of anilines is 2. The van der Waals surface area contributed by atoms with Crippen LogP contribution in [0.15, 0.2) is 48.5 Å². The lowest BCUT2D eigenvalue weighted by atomic mass is 9.88. The summed E-state index contributed by atoms with van der Waals surface area (Å²) in [6, 6.07) is 14.2. The number of hydrogen-bond acceptors (Lipinski definition) is 3. The molecule has 1 aliphatic carbocycles. The van der Waals surface area contributed by atoms with Gasteiger partial charge in [-0.15, -0.1) is 0 Å². The molecule has 0 heterocycles. The fraction of sp³-hybridized carbons (Fsp3) is 0.348. The number of carbonyl (C=O) groups excluding carboxylic acids is 3. The van der Waals surface area contributed by atoms with E-state index in [1.165, 1.54) is 13.3 Å². The Labute approximate surface area is 171 Å². The molecule has 1 fully saturated rings. The second kappa shape index (κ2) is 9.87. The van der Waals surface area contributed by atoms with Crippen LogP contribution in [0.5, 0.6) is 0 Å². The van der Waals surface area contributed by atoms with Crippen LogP contribution in [0.25, 0.3) is 0 Å². The zero-order valence-corrected chi connectivity index (χ0v) is 16.7. The van der Waals surface area contributed by atoms with E-state index in [1.807, 2.05) is 12.1 Å². The summed E-state index contributed by atoms with van der Waals surface area (Å²) < 4.78 is 0. The van der Waals surface area contributed by atoms with Crippen LogP contribution in [0, 0.1) is 5.92 Å². The Hall–Kier alpha value is -3.15. The Morgan fingerprint density at radius 2 is 1.55 bits per heavy atom. The number of carbonyl (C=O) groups is 3. The Kier molecular flexibility index (Phi) is 7.00. The average molecular weight is 393 g/mol. The molecule has 2 aromatic carbocycles. The van der Waals surface area contributed by atoms with Crippen LogP contribution in [-0.4, -0.2) is 17.7 Å². The molecule has 1 saturated carbocycles. The highest BCUT2D eigenvalue weighted by Crippen LogP contribution is 2.23. The first-order valence-corrected chi connectivity index (χ1v) is 10.1. The molecule has 0 spiro atoms. The maximum Gasteiger partial charge on any atom is 0.255 e. The first kappa shape index (κ1) is 20.6. The van der Waals surface area contributed by atoms with Crippen molar-refractivity contribution in [2.45, 2.75) is 45.6 Å². The van der Waals surface area contributed by atoms with Crippen LogP contribution in [0.2, 0.25) is 0 Å². The molecule has 0 bridgehead atoms. The van der Waals surface area contributed by atoms with Crippen LogP contribution in [0.1, 0.15) is 54.9 Å². The molecule has 6 nitrogen and oxygen atoms in total. The number of benzene rings is 2. The van der Waals surface area contributed by atoms with Gasteiger partial charge in [-0.25, -0.2) is 0 Å². The maximum absolute atomic E-state index is 12.5. The molecule has 0 radical (unpaired) electrons. The van der Waals surface area contributed by atoms with Gasteiger partial charge in [0.25, 0.3) is 5.91 Å². The number of nitrogens with one attached hydrogen (secondary N) is 3. The standard InChI is InChI=1S/C23H27N3O3/c1-16(27)25-20-8-5-9-21(14-20)26-23(29)19-12-10-17(11-13-19)15-24-22(28)18-6-3-2-4-7-18/h5,8-14,18H,2-4,6-7,15H2,1H3,(H,24,28)(H,25,27)(H,26,29). The van der Waals surface area contributed by atoms with E-state index in [4.69, 9.17) is 0 Å². The van der Waals surface area contributed by atoms with E-state index in [2.05, 4.69) is 16.0 Å². The molecule has 2 aromatic rings. The van der Waals surface area contributed by atoms with E-state index in [0.717, 1.165) is 31.2 Å². The van der Waals surface area contributed by atoms with Crippen LogP contribution >= 0.6 is 0 Å². The molecule has 0 aliphatic heterocycles. The van der Waals surface area contributed by atoms with Crippen LogP contribution in [-0.2, 0) is 16.1 Å². The molecule has 0 atom stereocenters. The third-order valence-corrected chi connectivity index (χ3v) is 5.10. The van der Waals surface area contributed by atoms with Gasteiger partial charge in [0.1, 0.15) is 0 Å². The first-order chi connectivity index (χ1) is 14.0. The molecule has 3 rings (SSSR count). The number of rotatable bonds is 6. The summed E-state index contributed by atoms with van der Waals surface area (Å²) in [5.41, 5.74) is 2.71. The van der Waals surface area contributed by atoms with Crippen molar-refractivity contribution < 1.29 is 14.4 Å². The van der Waals surface area contributed by atoms with Crippen molar-refractivity contribution in [3.05, 3.63) is 59.7 Å². The Morgan fingerprint density at radius 3 is 2.21 bits per heavy atom. The second-order valence-corrected chi connectivity index (χ2v) is 7.47. The maximum atomic E-state index is 12.5. The molecule has 0 saturated heterocycles. The Morgan fingerprint density at radius 1 is 0.897 bits per heavy atom. The lowest BCUT2D eigenvalue weighted by molar-refractivity contribution is -0.126. The van der Waals surface area contributed by atoms with Gasteiger partial charge in [0, 0.05) is 36.3 Å². The van der Waals surface area contributed by atoms with Crippen molar-refractivity contribution in [1.82, 2.24) is 5.32 Å². The average Bonchev–Trinajstić information content (AvgIpc) is 2.73. The molecule has 6 heteroatoms. The smallest absolute Gasteiger partial charge is 0.255 e. The van der Waals surface area contributed by atoms with Crippen molar-refractivity contribution >= 4 is 29.1 Å². The Balaban J connectivity index is 1.53. The van der Waals surface area contributed by atoms with Gasteiger partial charge in [-0.1, -0.05) is 37.5 Å². The minimum atomic E-state index is -0.234. The van der Waals surface area contributed by atoms with E-state index in [-0.39, 0.29) is 23.6 Å². The van der Waals surface area contributed by atoms with Crippen molar-refractivity contribution in [2.75, 3.05) is 10.6 Å². The van der Waals surface area contributed by atoms with E-state index in [0.29, 0.717) is 23.5 Å². The predicted molar refractivity (Wildman–Crippen MR) is 114 cm³/mol. The number of amides is 3. The predicted octanol–water partition coefficient (Wildman–Crippen LogP) is 4.09. The normalized spacial score (nSPS) is 14.1. The highest BCUT2D eigenvalue weighted by Gasteiger charge is 2.20. The molecular formula is C23H27N3O3. The summed E-state index contributed by atoms with van der Waals surface area (Å²) in [6.07, 6.45) is 5.46. The summed E-state index contributed by atoms with van der Waals surface area (Å²) >= 11 is 0. The quantitative estimate of drug-likeness (QED) is 0.691. The van der Waals surface area contributed by atoms with Crippen molar-refractivity contribution in [1.29, 1.82) is 0 Å². The van der Waals surface area contributed by atoms with Crippen LogP contribution in [0.4, 0.5) is 11.4 Å². The molecule has 0 unspecified atom stereocenters. The van der Waals surface area contributed by atoms with Gasteiger partial charge in [0.05, 0.1) is 0 Å². The molecular weight excluding hydrogens is 366 g/mol. The third-order valence-electron chi connectivity index (χ3n) is 5.10. The third kappa shape index (κ3) is 6.17. The van der Waals surface area contributed by atoms with Gasteiger partial charge < -0.3 is 16.0 Å². The fourth-order valence-corrected chi connectivity index (χ4v) is 3.55. The summed E-state index contributed by atoms with van der Waals surface area (Å²) in [5, 5.41) is 8.52. The highest BCUT2D eigenvalue weighted by atomic mass is 16.2. The van der Waals surface area contributed by atoms with E-state index in [9.17, 15) is 14.4 Å². The van der Waals surface area contributed by atoms with E-state index < -0.39 is 0 Å². The minimum Gasteiger partial charge on any atom is -0.352 e. The van der Waals surface area contributed by atoms with Crippen molar-refractivity contribution in [3.8, 4) is 0 Å². The summed E-state index contributed by atoms with van der Waals surface area (Å²) in [7, 11) is 0. The highest BCUT2D eigenvalue weighted by molar-refractivity contribution is 6.04. The van der Waals surface area contributed by atoms with Gasteiger partial charge in [-0.2, -0.15) is 0 Å². The summed E-state index contributed by atoms with van der Waals surface area (Å²) in [6.45, 7) is 1.90. The molecule has 3 amide bonds. The minimum absolute atomic E-state index is 0.130. The molecule has 0 aromatic heterocycles. The monoisotopic (exact) mass is 393 g/mol. The van der Waals surface area contributed by atoms with Gasteiger partial charge in [-0.3, -0.25) is 14.4 Å². The largest absolute Gasteiger partial charge is 0.352 e. The first-order valence-electron chi connectivity index (χ1n) is 10.1. The molecule has 152 valence electrons. The second-order valence-electron chi connectivity index (χ2n) is 7.47. The lowest BCUT2D eigenvalue weighted by Gasteiger charge is -2.20. The van der Waals surface area contributed by atoms with E-state index in [1.54, 1.807) is 36.4 Å². The van der Waals surface area contributed by atoms with E-state index >= 15 is 0 Å². The topological polar surface area (TPSA) is 87.3 Å². The van der Waals surface area contributed by atoms with Crippen molar-refractivity contribution in [2.24, 2.45) is 5.92 Å². The fourth-order valence-electron chi connectivity index (χ4n) is 3.55. The lowest BCUT2D eigenvalue weighted by Crippen LogP contribution is -2.31. The number of hydrogen-bond donors (Lipinski definition) is 3. The van der Waals surface area contributed by atoms with Gasteiger partial charge in [0.15, 0.2) is 0 Å². The Bertz CT molecular complexity index is 871. The van der Waals surface area contributed by atoms with Crippen LogP contribution < -0.4 is 16.0 Å². The van der Waals surface area contributed by atoms with Gasteiger partial charge in [0.2, 0.25) is 11.8 Å². The zero-order chi connectivity index (χ0) is 20.6. The molecule has 3 N–H and O–H groups in total. The molecule has 29 heavy (non-hydrogen) atoms. The van der Waals surface area contributed by atoms with Crippen LogP contribution in [0.3, 0.4) is 0 Å². The SMILES string of the molecule is CC(=O)Nc1cccc(NC(=O)c2ccc(CNC(=O)C3CCCCC3)cc2)c1.